The SMILES string of the molecule is O=C(OBr)OCc1ccccc1.[KH]. The van der Waals surface area contributed by atoms with Crippen LogP contribution in [0.25, 0.3) is 0 Å². The first kappa shape index (κ1) is 13.6. The van der Waals surface area contributed by atoms with Crippen LogP contribution in [0.1, 0.15) is 5.56 Å². The predicted octanol–water partition coefficient (Wildman–Crippen LogP) is 2.00. The maximum absolute atomic E-state index is 10.5. The summed E-state index contributed by atoms with van der Waals surface area (Å²) in [5.74, 6) is 0. The van der Waals surface area contributed by atoms with Crippen LogP contribution in [0.3, 0.4) is 0 Å². The zero-order chi connectivity index (χ0) is 8.81. The van der Waals surface area contributed by atoms with E-state index in [0.717, 1.165) is 5.56 Å². The average Bonchev–Trinajstić information content (AvgIpc) is 2.16. The van der Waals surface area contributed by atoms with E-state index in [2.05, 4.69) is 24.8 Å². The van der Waals surface area contributed by atoms with Crippen molar-refractivity contribution in [1.82, 2.24) is 0 Å². The Morgan fingerprint density at radius 2 is 1.92 bits per heavy atom. The van der Waals surface area contributed by atoms with Crippen molar-refractivity contribution in [3.05, 3.63) is 35.9 Å². The van der Waals surface area contributed by atoms with Gasteiger partial charge in [0.25, 0.3) is 0 Å². The van der Waals surface area contributed by atoms with Crippen LogP contribution in [0.5, 0.6) is 0 Å². The summed E-state index contributed by atoms with van der Waals surface area (Å²) < 4.78 is 8.79. The van der Waals surface area contributed by atoms with E-state index in [4.69, 9.17) is 0 Å². The van der Waals surface area contributed by atoms with Gasteiger partial charge in [-0.25, -0.2) is 4.79 Å². The molecule has 0 radical (unpaired) electrons. The van der Waals surface area contributed by atoms with Gasteiger partial charge < -0.3 is 8.57 Å². The molecule has 13 heavy (non-hydrogen) atoms. The normalized spacial score (nSPS) is 8.38. The first-order valence-corrected chi connectivity index (χ1v) is 3.97. The number of halogens is 1. The van der Waals surface area contributed by atoms with E-state index in [1.165, 1.54) is 0 Å². The standard InChI is InChI=1S/C8H7BrO3.K.H/c9-12-8(10)11-6-7-4-2-1-3-5-7;;/h1-5H,6H2;;. The van der Waals surface area contributed by atoms with Crippen molar-refractivity contribution in [2.45, 2.75) is 6.61 Å². The van der Waals surface area contributed by atoms with Crippen LogP contribution >= 0.6 is 16.3 Å². The van der Waals surface area contributed by atoms with Crippen LogP contribution in [0.4, 0.5) is 4.79 Å². The van der Waals surface area contributed by atoms with Gasteiger partial charge >= 0.3 is 57.5 Å². The Kier molecular flexibility index (Phi) is 8.33. The fourth-order valence-corrected chi connectivity index (χ4v) is 0.832. The minimum absolute atomic E-state index is 0. The first-order valence-electron chi connectivity index (χ1n) is 3.32. The zero-order valence-electron chi connectivity index (χ0n) is 6.20. The molecule has 0 saturated heterocycles. The summed E-state index contributed by atoms with van der Waals surface area (Å²) in [7, 11) is 0. The van der Waals surface area contributed by atoms with E-state index in [0.29, 0.717) is 0 Å². The second kappa shape index (κ2) is 7.96. The Bertz CT molecular complexity index is 253. The number of ether oxygens (including phenoxy) is 1. The molecule has 1 rings (SSSR count). The Morgan fingerprint density at radius 3 is 2.46 bits per heavy atom. The molecule has 0 N–H and O–H groups in total. The van der Waals surface area contributed by atoms with Gasteiger partial charge in [0.1, 0.15) is 6.61 Å². The number of hydrogen-bond donors (Lipinski definition) is 0. The zero-order valence-corrected chi connectivity index (χ0v) is 7.78. The van der Waals surface area contributed by atoms with Gasteiger partial charge in [-0.2, -0.15) is 0 Å². The van der Waals surface area contributed by atoms with Crippen molar-refractivity contribution in [2.24, 2.45) is 0 Å². The number of carbonyl (C=O) groups is 1. The summed E-state index contributed by atoms with van der Waals surface area (Å²) in [5, 5.41) is 0. The Morgan fingerprint density at radius 1 is 1.31 bits per heavy atom. The molecule has 0 aliphatic heterocycles. The molecule has 3 nitrogen and oxygen atoms in total. The summed E-state index contributed by atoms with van der Waals surface area (Å²) in [6, 6.07) is 9.37. The molecule has 5 heteroatoms. The van der Waals surface area contributed by atoms with E-state index in [1.54, 1.807) is 0 Å². The predicted molar refractivity (Wildman–Crippen MR) is 53.8 cm³/mol. The molecular formula is C8H8BrKO3. The van der Waals surface area contributed by atoms with Crippen LogP contribution in [-0.2, 0) is 15.2 Å². The molecule has 66 valence electrons. The fraction of sp³-hybridized carbons (Fsp3) is 0.125. The molecule has 1 aromatic carbocycles. The van der Waals surface area contributed by atoms with Gasteiger partial charge in [0.2, 0.25) is 0 Å². The number of rotatable bonds is 2. The molecule has 0 fully saturated rings. The van der Waals surface area contributed by atoms with Crippen molar-refractivity contribution < 1.29 is 13.4 Å². The van der Waals surface area contributed by atoms with Gasteiger partial charge in [0.15, 0.2) is 16.3 Å². The van der Waals surface area contributed by atoms with Gasteiger partial charge in [-0.05, 0) is 5.56 Å². The maximum atomic E-state index is 10.5. The minimum atomic E-state index is -0.737. The van der Waals surface area contributed by atoms with Gasteiger partial charge in [0.05, 0.1) is 0 Å². The molecular weight excluding hydrogens is 263 g/mol. The molecule has 0 aliphatic carbocycles. The third-order valence-corrected chi connectivity index (χ3v) is 1.53. The quantitative estimate of drug-likeness (QED) is 0.609. The second-order valence-corrected chi connectivity index (χ2v) is 2.43. The van der Waals surface area contributed by atoms with Crippen molar-refractivity contribution in [1.29, 1.82) is 0 Å². The Hall–Kier alpha value is 0.606. The van der Waals surface area contributed by atoms with E-state index >= 15 is 0 Å². The molecule has 0 heterocycles. The van der Waals surface area contributed by atoms with Gasteiger partial charge in [-0.15, -0.1) is 0 Å². The van der Waals surface area contributed by atoms with Crippen molar-refractivity contribution in [3.63, 3.8) is 0 Å². The Labute approximate surface area is 128 Å². The fourth-order valence-electron chi connectivity index (χ4n) is 0.739. The van der Waals surface area contributed by atoms with E-state index in [9.17, 15) is 4.79 Å². The third-order valence-electron chi connectivity index (χ3n) is 1.26. The summed E-state index contributed by atoms with van der Waals surface area (Å²) in [4.78, 5) is 10.5. The van der Waals surface area contributed by atoms with Crippen molar-refractivity contribution in [3.8, 4) is 0 Å². The second-order valence-electron chi connectivity index (χ2n) is 2.10. The summed E-state index contributed by atoms with van der Waals surface area (Å²) >= 11 is 2.51. The van der Waals surface area contributed by atoms with Crippen LogP contribution in [0.2, 0.25) is 0 Å². The molecule has 0 saturated carbocycles. The molecule has 0 bridgehead atoms. The van der Waals surface area contributed by atoms with Crippen LogP contribution in [0, 0.1) is 0 Å². The molecule has 1 aromatic rings. The molecule has 0 spiro atoms. The molecule has 0 amide bonds. The summed E-state index contributed by atoms with van der Waals surface area (Å²) in [6.07, 6.45) is -0.737. The number of carbonyl (C=O) groups excluding carboxylic acids is 1. The Balaban J connectivity index is 0.00000144. The number of hydrogen-bond acceptors (Lipinski definition) is 3. The average molecular weight is 271 g/mol. The topological polar surface area (TPSA) is 35.5 Å². The van der Waals surface area contributed by atoms with Gasteiger partial charge in [-0.3, -0.25) is 0 Å². The van der Waals surface area contributed by atoms with Crippen molar-refractivity contribution in [2.75, 3.05) is 0 Å². The molecule has 0 aliphatic rings. The van der Waals surface area contributed by atoms with Crippen LogP contribution in [0.15, 0.2) is 30.3 Å². The molecule has 0 atom stereocenters. The van der Waals surface area contributed by atoms with Gasteiger partial charge in [0, 0.05) is 0 Å². The third kappa shape index (κ3) is 5.82. The van der Waals surface area contributed by atoms with E-state index in [1.807, 2.05) is 30.3 Å². The molecule has 0 unspecified atom stereocenters. The molecule has 0 aromatic heterocycles. The van der Waals surface area contributed by atoms with Gasteiger partial charge in [-0.1, -0.05) is 30.3 Å². The summed E-state index contributed by atoms with van der Waals surface area (Å²) in [6.45, 7) is 0.227. The number of benzene rings is 1. The van der Waals surface area contributed by atoms with Crippen LogP contribution in [-0.4, -0.2) is 57.5 Å². The first-order chi connectivity index (χ1) is 5.83. The van der Waals surface area contributed by atoms with Crippen LogP contribution < -0.4 is 0 Å². The van der Waals surface area contributed by atoms with Crippen molar-refractivity contribution >= 4 is 73.8 Å². The monoisotopic (exact) mass is 270 g/mol. The summed E-state index contributed by atoms with van der Waals surface area (Å²) in [5.41, 5.74) is 0.926. The van der Waals surface area contributed by atoms with E-state index < -0.39 is 6.16 Å². The van der Waals surface area contributed by atoms with E-state index in [-0.39, 0.29) is 58.0 Å².